The number of aromatic amines is 1. The van der Waals surface area contributed by atoms with Crippen molar-refractivity contribution in [1.29, 1.82) is 0 Å². The van der Waals surface area contributed by atoms with Crippen molar-refractivity contribution in [2.45, 2.75) is 29.5 Å². The molecule has 9 nitrogen and oxygen atoms in total. The molecule has 174 valence electrons. The highest BCUT2D eigenvalue weighted by molar-refractivity contribution is 8.00. The number of hydrogen-bond acceptors (Lipinski definition) is 7. The van der Waals surface area contributed by atoms with Crippen LogP contribution in [0.15, 0.2) is 65.8 Å². The highest BCUT2D eigenvalue weighted by atomic mass is 32.2. The van der Waals surface area contributed by atoms with Crippen molar-refractivity contribution in [3.63, 3.8) is 0 Å². The van der Waals surface area contributed by atoms with Gasteiger partial charge in [0.25, 0.3) is 5.91 Å². The van der Waals surface area contributed by atoms with E-state index in [9.17, 15) is 13.2 Å². The first-order valence-corrected chi connectivity index (χ1v) is 12.6. The number of nitrogens with one attached hydrogen (secondary N) is 2. The van der Waals surface area contributed by atoms with Crippen LogP contribution >= 0.6 is 11.8 Å². The third-order valence-corrected chi connectivity index (χ3v) is 8.62. The molecule has 0 saturated carbocycles. The van der Waals surface area contributed by atoms with Crippen molar-refractivity contribution >= 4 is 27.7 Å². The number of amides is 1. The van der Waals surface area contributed by atoms with E-state index in [2.05, 4.69) is 9.97 Å². The third kappa shape index (κ3) is 4.76. The van der Waals surface area contributed by atoms with E-state index in [1.54, 1.807) is 56.0 Å². The predicted molar refractivity (Wildman–Crippen MR) is 125 cm³/mol. The van der Waals surface area contributed by atoms with E-state index in [0.717, 1.165) is 15.7 Å². The van der Waals surface area contributed by atoms with E-state index < -0.39 is 26.7 Å². The molecular weight excluding hydrogens is 464 g/mol. The minimum atomic E-state index is -3.98. The summed E-state index contributed by atoms with van der Waals surface area (Å²) in [6.07, 6.45) is 3.43. The molecule has 4 rings (SSSR count). The van der Waals surface area contributed by atoms with Crippen LogP contribution < -0.4 is 10.2 Å². The van der Waals surface area contributed by atoms with Gasteiger partial charge in [0.15, 0.2) is 0 Å². The number of benzene rings is 2. The van der Waals surface area contributed by atoms with Crippen molar-refractivity contribution in [3.8, 4) is 22.9 Å². The Morgan fingerprint density at radius 1 is 1.18 bits per heavy atom. The Kier molecular flexibility index (Phi) is 6.48. The van der Waals surface area contributed by atoms with Gasteiger partial charge in [0.1, 0.15) is 23.4 Å². The van der Waals surface area contributed by atoms with E-state index in [4.69, 9.17) is 9.94 Å². The zero-order valence-corrected chi connectivity index (χ0v) is 19.7. The van der Waals surface area contributed by atoms with Crippen LogP contribution in [-0.2, 0) is 14.8 Å². The van der Waals surface area contributed by atoms with Crippen molar-refractivity contribution in [1.82, 2.24) is 19.8 Å². The van der Waals surface area contributed by atoms with E-state index >= 15 is 0 Å². The first kappa shape index (κ1) is 23.3. The Bertz CT molecular complexity index is 1210. The summed E-state index contributed by atoms with van der Waals surface area (Å²) in [5, 5.41) is 9.17. The molecule has 3 aromatic rings. The Hall–Kier alpha value is -2.86. The molecule has 1 saturated heterocycles. The Balaban J connectivity index is 1.52. The van der Waals surface area contributed by atoms with Crippen LogP contribution in [-0.4, -0.2) is 56.9 Å². The number of hydroxylamine groups is 1. The van der Waals surface area contributed by atoms with Gasteiger partial charge in [-0.25, -0.2) is 18.9 Å². The molecule has 2 heterocycles. The Labute approximate surface area is 196 Å². The summed E-state index contributed by atoms with van der Waals surface area (Å²) >= 11 is 1.49. The van der Waals surface area contributed by atoms with Crippen LogP contribution in [0.3, 0.4) is 0 Å². The zero-order chi connectivity index (χ0) is 23.6. The largest absolute Gasteiger partial charge is 0.457 e. The fourth-order valence-electron chi connectivity index (χ4n) is 3.78. The molecule has 33 heavy (non-hydrogen) atoms. The van der Waals surface area contributed by atoms with Gasteiger partial charge < -0.3 is 9.72 Å². The minimum Gasteiger partial charge on any atom is -0.457 e. The van der Waals surface area contributed by atoms with Gasteiger partial charge in [-0.2, -0.15) is 16.1 Å². The maximum absolute atomic E-state index is 13.3. The SMILES string of the molecule is CC1(C)SCCN(S(=O)(=O)c2ccc(Oc3ccc(-c4ncc[nH]4)cc3)cc2)C1C(=O)NO. The van der Waals surface area contributed by atoms with Crippen LogP contribution in [0.4, 0.5) is 0 Å². The van der Waals surface area contributed by atoms with Crippen molar-refractivity contribution in [2.75, 3.05) is 12.3 Å². The molecule has 2 aromatic carbocycles. The highest BCUT2D eigenvalue weighted by Crippen LogP contribution is 2.38. The lowest BCUT2D eigenvalue weighted by Gasteiger charge is -2.43. The molecule has 0 aliphatic carbocycles. The third-order valence-electron chi connectivity index (χ3n) is 5.38. The number of nitrogens with zero attached hydrogens (tertiary/aromatic N) is 2. The van der Waals surface area contributed by atoms with E-state index in [1.165, 1.54) is 23.9 Å². The van der Waals surface area contributed by atoms with Gasteiger partial charge in [0.2, 0.25) is 10.0 Å². The highest BCUT2D eigenvalue weighted by Gasteiger charge is 2.48. The van der Waals surface area contributed by atoms with E-state index in [0.29, 0.717) is 17.3 Å². The number of H-pyrrole nitrogens is 1. The monoisotopic (exact) mass is 488 g/mol. The van der Waals surface area contributed by atoms with E-state index in [1.807, 2.05) is 12.1 Å². The van der Waals surface area contributed by atoms with Gasteiger partial charge in [-0.3, -0.25) is 10.0 Å². The molecule has 0 bridgehead atoms. The minimum absolute atomic E-state index is 0.0430. The number of carbonyl (C=O) groups excluding carboxylic acids is 1. The quantitative estimate of drug-likeness (QED) is 0.359. The second-order valence-electron chi connectivity index (χ2n) is 7.98. The van der Waals surface area contributed by atoms with E-state index in [-0.39, 0.29) is 11.4 Å². The molecular formula is C22H24N4O5S2. The second-order valence-corrected chi connectivity index (χ2v) is 11.6. The lowest BCUT2D eigenvalue weighted by Crippen LogP contribution is -2.61. The van der Waals surface area contributed by atoms with Crippen molar-refractivity contribution in [2.24, 2.45) is 0 Å². The lowest BCUT2D eigenvalue weighted by molar-refractivity contribution is -0.134. The topological polar surface area (TPSA) is 125 Å². The van der Waals surface area contributed by atoms with Gasteiger partial charge in [0.05, 0.1) is 4.90 Å². The molecule has 1 fully saturated rings. The summed E-state index contributed by atoms with van der Waals surface area (Å²) in [7, 11) is -3.98. The normalized spacial score (nSPS) is 18.6. The molecule has 11 heteroatoms. The van der Waals surface area contributed by atoms with Crippen LogP contribution in [0.25, 0.3) is 11.4 Å². The molecule has 0 spiro atoms. The van der Waals surface area contributed by atoms with Gasteiger partial charge in [-0.05, 0) is 62.4 Å². The van der Waals surface area contributed by atoms with Crippen LogP contribution in [0.5, 0.6) is 11.5 Å². The summed E-state index contributed by atoms with van der Waals surface area (Å²) in [6, 6.07) is 12.3. The fourth-order valence-corrected chi connectivity index (χ4v) is 6.88. The molecule has 1 atom stereocenters. The van der Waals surface area contributed by atoms with Gasteiger partial charge >= 0.3 is 0 Å². The summed E-state index contributed by atoms with van der Waals surface area (Å²) in [5.74, 6) is 1.60. The molecule has 0 radical (unpaired) electrons. The summed E-state index contributed by atoms with van der Waals surface area (Å²) in [5.41, 5.74) is 2.52. The van der Waals surface area contributed by atoms with Crippen LogP contribution in [0, 0.1) is 0 Å². The van der Waals surface area contributed by atoms with Gasteiger partial charge in [0, 0.05) is 35.0 Å². The Morgan fingerprint density at radius 3 is 2.39 bits per heavy atom. The maximum atomic E-state index is 13.3. The number of aromatic nitrogens is 2. The fraction of sp³-hybridized carbons (Fsp3) is 0.273. The summed E-state index contributed by atoms with van der Waals surface area (Å²) in [4.78, 5) is 19.6. The number of thioether (sulfide) groups is 1. The van der Waals surface area contributed by atoms with Crippen LogP contribution in [0.1, 0.15) is 13.8 Å². The second kappa shape index (κ2) is 9.18. The summed E-state index contributed by atoms with van der Waals surface area (Å²) < 4.78 is 32.9. The summed E-state index contributed by atoms with van der Waals surface area (Å²) in [6.45, 7) is 3.73. The van der Waals surface area contributed by atoms with Crippen LogP contribution in [0.2, 0.25) is 0 Å². The lowest BCUT2D eigenvalue weighted by atomic mass is 10.0. The number of ether oxygens (including phenoxy) is 1. The predicted octanol–water partition coefficient (Wildman–Crippen LogP) is 3.26. The molecule has 1 unspecified atom stereocenters. The maximum Gasteiger partial charge on any atom is 0.263 e. The van der Waals surface area contributed by atoms with Crippen molar-refractivity contribution in [3.05, 3.63) is 60.9 Å². The van der Waals surface area contributed by atoms with Gasteiger partial charge in [-0.1, -0.05) is 0 Å². The molecule has 1 aliphatic heterocycles. The molecule has 1 aromatic heterocycles. The first-order valence-electron chi connectivity index (χ1n) is 10.2. The number of rotatable bonds is 6. The average molecular weight is 489 g/mol. The Morgan fingerprint density at radius 2 is 1.82 bits per heavy atom. The number of carbonyl (C=O) groups is 1. The molecule has 1 amide bonds. The number of imidazole rings is 1. The van der Waals surface area contributed by atoms with Gasteiger partial charge in [-0.15, -0.1) is 0 Å². The molecule has 1 aliphatic rings. The van der Waals surface area contributed by atoms with Crippen molar-refractivity contribution < 1.29 is 23.2 Å². The number of hydrogen-bond donors (Lipinski definition) is 3. The zero-order valence-electron chi connectivity index (χ0n) is 18.1. The molecule has 3 N–H and O–H groups in total. The average Bonchev–Trinajstić information content (AvgIpc) is 3.34. The number of sulfonamides is 1. The smallest absolute Gasteiger partial charge is 0.263 e. The first-order chi connectivity index (χ1) is 15.7. The standard InChI is InChI=1S/C22H24N4O5S2/c1-22(2)19(21(27)25-28)26(13-14-32-22)33(29,30)18-9-7-17(8-10-18)31-16-5-3-15(4-6-16)20-23-11-12-24-20/h3-12,19,28H,13-14H2,1-2H3,(H,23,24)(H,25,27).